The minimum absolute atomic E-state index is 0.0788. The second-order valence-electron chi connectivity index (χ2n) is 4.12. The van der Waals surface area contributed by atoms with Crippen molar-refractivity contribution in [3.8, 4) is 0 Å². The number of rotatable bonds is 3. The fraction of sp³-hybridized carbons (Fsp3) is 0.231. The lowest BCUT2D eigenvalue weighted by atomic mass is 10.2. The molecule has 0 fully saturated rings. The maximum atomic E-state index is 13.2. The van der Waals surface area contributed by atoms with Crippen LogP contribution in [0, 0.1) is 11.2 Å². The van der Waals surface area contributed by atoms with Gasteiger partial charge in [-0.05, 0) is 25.1 Å². The topological polar surface area (TPSA) is 63.5 Å². The molecule has 19 heavy (non-hydrogen) atoms. The van der Waals surface area contributed by atoms with E-state index in [1.54, 1.807) is 16.6 Å². The summed E-state index contributed by atoms with van der Waals surface area (Å²) in [5, 5.41) is 12.5. The lowest BCUT2D eigenvalue weighted by molar-refractivity contribution is 0.131. The van der Waals surface area contributed by atoms with Crippen LogP contribution < -0.4 is 5.55 Å². The van der Waals surface area contributed by atoms with Crippen molar-refractivity contribution >= 4 is 16.6 Å². The van der Waals surface area contributed by atoms with Gasteiger partial charge in [-0.15, -0.1) is 0 Å². The highest BCUT2D eigenvalue weighted by molar-refractivity contribution is 5.78. The SMILES string of the molecule is CCOCc1cc2oc(=N)c3cc(F)ccc3n2n1. The van der Waals surface area contributed by atoms with Crippen LogP contribution in [0.5, 0.6) is 0 Å². The quantitative estimate of drug-likeness (QED) is 0.786. The number of nitrogens with zero attached hydrogens (tertiary/aromatic N) is 2. The number of ether oxygens (including phenoxy) is 1. The summed E-state index contributed by atoms with van der Waals surface area (Å²) in [6.07, 6.45) is 0. The van der Waals surface area contributed by atoms with Crippen LogP contribution >= 0.6 is 0 Å². The van der Waals surface area contributed by atoms with Gasteiger partial charge < -0.3 is 9.15 Å². The van der Waals surface area contributed by atoms with Crippen LogP contribution in [0.15, 0.2) is 28.7 Å². The number of fused-ring (bicyclic) bond motifs is 3. The van der Waals surface area contributed by atoms with Gasteiger partial charge in [0, 0.05) is 12.7 Å². The lowest BCUT2D eigenvalue weighted by Crippen LogP contribution is -2.05. The average molecular weight is 261 g/mol. The Kier molecular flexibility index (Phi) is 2.79. The Morgan fingerprint density at radius 3 is 3.05 bits per heavy atom. The number of halogens is 1. The summed E-state index contributed by atoms with van der Waals surface area (Å²) in [5.41, 5.74) is 1.71. The Morgan fingerprint density at radius 2 is 2.26 bits per heavy atom. The van der Waals surface area contributed by atoms with Crippen LogP contribution in [0.3, 0.4) is 0 Å². The minimum Gasteiger partial charge on any atom is -0.420 e. The molecule has 3 rings (SSSR count). The molecule has 1 N–H and O–H groups in total. The monoisotopic (exact) mass is 261 g/mol. The summed E-state index contributed by atoms with van der Waals surface area (Å²) in [4.78, 5) is 0. The molecule has 0 spiro atoms. The third-order valence-corrected chi connectivity index (χ3v) is 2.82. The molecule has 1 aromatic carbocycles. The first-order chi connectivity index (χ1) is 9.19. The van der Waals surface area contributed by atoms with Crippen LogP contribution in [-0.2, 0) is 11.3 Å². The number of nitrogens with one attached hydrogen (secondary N) is 1. The van der Waals surface area contributed by atoms with Gasteiger partial charge >= 0.3 is 0 Å². The van der Waals surface area contributed by atoms with Crippen molar-refractivity contribution in [1.29, 1.82) is 5.41 Å². The number of hydrogen-bond acceptors (Lipinski definition) is 4. The molecule has 0 radical (unpaired) electrons. The van der Waals surface area contributed by atoms with Crippen LogP contribution in [0.2, 0.25) is 0 Å². The molecule has 0 aliphatic heterocycles. The van der Waals surface area contributed by atoms with Crippen molar-refractivity contribution in [2.75, 3.05) is 6.61 Å². The fourth-order valence-electron chi connectivity index (χ4n) is 1.97. The first kappa shape index (κ1) is 11.9. The van der Waals surface area contributed by atoms with Gasteiger partial charge in [0.15, 0.2) is 0 Å². The minimum atomic E-state index is -0.405. The summed E-state index contributed by atoms with van der Waals surface area (Å²) >= 11 is 0. The Balaban J connectivity index is 2.27. The molecule has 5 nitrogen and oxygen atoms in total. The highest BCUT2D eigenvalue weighted by atomic mass is 19.1. The number of aromatic nitrogens is 2. The van der Waals surface area contributed by atoms with Gasteiger partial charge in [0.25, 0.3) is 0 Å². The summed E-state index contributed by atoms with van der Waals surface area (Å²) in [6, 6.07) is 5.91. The highest BCUT2D eigenvalue weighted by Crippen LogP contribution is 2.15. The van der Waals surface area contributed by atoms with E-state index < -0.39 is 5.82 Å². The van der Waals surface area contributed by atoms with Crippen molar-refractivity contribution in [3.63, 3.8) is 0 Å². The number of hydrogen-bond donors (Lipinski definition) is 1. The third kappa shape index (κ3) is 2.00. The van der Waals surface area contributed by atoms with Gasteiger partial charge in [-0.1, -0.05) is 0 Å². The Bertz CT molecular complexity index is 807. The summed E-state index contributed by atoms with van der Waals surface area (Å²) in [6.45, 7) is 2.88. The van der Waals surface area contributed by atoms with Crippen molar-refractivity contribution in [1.82, 2.24) is 9.61 Å². The zero-order valence-electron chi connectivity index (χ0n) is 10.3. The van der Waals surface area contributed by atoms with E-state index in [2.05, 4.69) is 5.10 Å². The molecule has 0 aliphatic carbocycles. The molecule has 0 amide bonds. The van der Waals surface area contributed by atoms with E-state index in [-0.39, 0.29) is 5.55 Å². The van der Waals surface area contributed by atoms with E-state index in [4.69, 9.17) is 14.6 Å². The summed E-state index contributed by atoms with van der Waals surface area (Å²) in [5.74, 6) is -0.405. The number of benzene rings is 1. The van der Waals surface area contributed by atoms with Crippen molar-refractivity contribution in [3.05, 3.63) is 41.3 Å². The molecule has 0 bridgehead atoms. The zero-order chi connectivity index (χ0) is 13.4. The smallest absolute Gasteiger partial charge is 0.225 e. The summed E-state index contributed by atoms with van der Waals surface area (Å²) < 4.78 is 25.4. The van der Waals surface area contributed by atoms with E-state index in [1.807, 2.05) is 6.92 Å². The molecule has 6 heteroatoms. The Hall–Kier alpha value is -2.21. The first-order valence-electron chi connectivity index (χ1n) is 5.92. The fourth-order valence-corrected chi connectivity index (χ4v) is 1.97. The van der Waals surface area contributed by atoms with Crippen molar-refractivity contribution in [2.45, 2.75) is 13.5 Å². The molecule has 2 heterocycles. The molecule has 0 unspecified atom stereocenters. The van der Waals surface area contributed by atoms with E-state index >= 15 is 0 Å². The molecule has 3 aromatic rings. The predicted molar refractivity (Wildman–Crippen MR) is 66.1 cm³/mol. The maximum Gasteiger partial charge on any atom is 0.225 e. The van der Waals surface area contributed by atoms with Crippen LogP contribution in [-0.4, -0.2) is 16.2 Å². The van der Waals surface area contributed by atoms with Crippen LogP contribution in [0.4, 0.5) is 4.39 Å². The first-order valence-corrected chi connectivity index (χ1v) is 5.92. The molecular formula is C13H12FN3O2. The van der Waals surface area contributed by atoms with E-state index in [9.17, 15) is 4.39 Å². The molecular weight excluding hydrogens is 249 g/mol. The van der Waals surface area contributed by atoms with Gasteiger partial charge in [-0.3, -0.25) is 5.41 Å². The molecule has 0 saturated heterocycles. The van der Waals surface area contributed by atoms with Gasteiger partial charge in [0.05, 0.1) is 23.2 Å². The second kappa shape index (κ2) is 4.47. The second-order valence-corrected chi connectivity index (χ2v) is 4.12. The lowest BCUT2D eigenvalue weighted by Gasteiger charge is -2.00. The molecule has 2 aromatic heterocycles. The molecule has 0 saturated carbocycles. The predicted octanol–water partition coefficient (Wildman–Crippen LogP) is 2.24. The third-order valence-electron chi connectivity index (χ3n) is 2.82. The van der Waals surface area contributed by atoms with Crippen molar-refractivity contribution in [2.24, 2.45) is 0 Å². The van der Waals surface area contributed by atoms with Crippen molar-refractivity contribution < 1.29 is 13.5 Å². The van der Waals surface area contributed by atoms with E-state index in [1.165, 1.54) is 12.1 Å². The summed E-state index contributed by atoms with van der Waals surface area (Å²) in [7, 11) is 0. The normalized spacial score (nSPS) is 11.5. The molecule has 98 valence electrons. The van der Waals surface area contributed by atoms with Gasteiger partial charge in [-0.2, -0.15) is 9.61 Å². The van der Waals surface area contributed by atoms with Gasteiger partial charge in [0.2, 0.25) is 11.3 Å². The van der Waals surface area contributed by atoms with Crippen LogP contribution in [0.1, 0.15) is 12.6 Å². The molecule has 0 atom stereocenters. The maximum absolute atomic E-state index is 13.2. The van der Waals surface area contributed by atoms with E-state index in [0.717, 1.165) is 0 Å². The van der Waals surface area contributed by atoms with Gasteiger partial charge in [0.1, 0.15) is 5.82 Å². The largest absolute Gasteiger partial charge is 0.420 e. The van der Waals surface area contributed by atoms with E-state index in [0.29, 0.717) is 35.5 Å². The Labute approximate surface area is 107 Å². The molecule has 0 aliphatic rings. The highest BCUT2D eigenvalue weighted by Gasteiger charge is 2.09. The van der Waals surface area contributed by atoms with Gasteiger partial charge in [-0.25, -0.2) is 4.39 Å². The van der Waals surface area contributed by atoms with Crippen LogP contribution in [0.25, 0.3) is 16.6 Å². The standard InChI is InChI=1S/C13H12FN3O2/c1-2-18-7-9-6-12-17(16-9)11-4-3-8(14)5-10(11)13(15)19-12/h3-6,15H,2,7H2,1H3. The Morgan fingerprint density at radius 1 is 1.42 bits per heavy atom. The average Bonchev–Trinajstić information content (AvgIpc) is 2.79. The zero-order valence-corrected chi connectivity index (χ0v) is 10.3.